The Morgan fingerprint density at radius 3 is 2.54 bits per heavy atom. The Kier molecular flexibility index (Phi) is 4.76. The maximum Gasteiger partial charge on any atom is 0.262 e. The van der Waals surface area contributed by atoms with E-state index in [0.29, 0.717) is 23.1 Å². The number of carbonyl (C=O) groups is 4. The predicted octanol–water partition coefficient (Wildman–Crippen LogP) is 0.177. The lowest BCUT2D eigenvalue weighted by molar-refractivity contribution is -0.136. The van der Waals surface area contributed by atoms with Crippen LogP contribution in [0.25, 0.3) is 0 Å². The Balaban J connectivity index is 1.46. The van der Waals surface area contributed by atoms with Gasteiger partial charge in [0.25, 0.3) is 11.8 Å². The van der Waals surface area contributed by atoms with Gasteiger partial charge in [0.2, 0.25) is 11.8 Å². The molecule has 1 atom stereocenters. The summed E-state index contributed by atoms with van der Waals surface area (Å²) in [5, 5.41) is 8.96. The number of nitrogens with zero attached hydrogens (tertiary/aromatic N) is 1. The highest BCUT2D eigenvalue weighted by Crippen LogP contribution is 2.29. The Morgan fingerprint density at radius 1 is 1.14 bits per heavy atom. The van der Waals surface area contributed by atoms with Gasteiger partial charge in [0.05, 0.1) is 11.1 Å². The van der Waals surface area contributed by atoms with Gasteiger partial charge in [0.1, 0.15) is 6.04 Å². The van der Waals surface area contributed by atoms with Crippen LogP contribution >= 0.6 is 0 Å². The van der Waals surface area contributed by atoms with E-state index < -0.39 is 23.8 Å². The van der Waals surface area contributed by atoms with Crippen LogP contribution in [-0.2, 0) is 16.1 Å². The third kappa shape index (κ3) is 3.12. The molecule has 2 saturated heterocycles. The molecule has 0 aliphatic carbocycles. The summed E-state index contributed by atoms with van der Waals surface area (Å²) in [5.74, 6) is -1.91. The maximum atomic E-state index is 12.8. The van der Waals surface area contributed by atoms with Crippen LogP contribution in [0.3, 0.4) is 0 Å². The summed E-state index contributed by atoms with van der Waals surface area (Å²) in [6.45, 7) is 5.70. The van der Waals surface area contributed by atoms with E-state index in [4.69, 9.17) is 0 Å². The highest BCUT2D eigenvalue weighted by Gasteiger charge is 2.44. The van der Waals surface area contributed by atoms with Crippen molar-refractivity contribution in [1.29, 1.82) is 0 Å². The van der Waals surface area contributed by atoms with Crippen LogP contribution in [0.1, 0.15) is 52.5 Å². The number of piperidine rings is 1. The third-order valence-electron chi connectivity index (χ3n) is 6.08. The average molecular weight is 384 g/mol. The van der Waals surface area contributed by atoms with Crippen molar-refractivity contribution in [3.63, 3.8) is 0 Å². The predicted molar refractivity (Wildman–Crippen MR) is 100 cm³/mol. The highest BCUT2D eigenvalue weighted by atomic mass is 16.2. The van der Waals surface area contributed by atoms with Crippen molar-refractivity contribution in [3.05, 3.63) is 34.9 Å². The Morgan fingerprint density at radius 2 is 1.89 bits per heavy atom. The fourth-order valence-electron chi connectivity index (χ4n) is 4.08. The van der Waals surface area contributed by atoms with Gasteiger partial charge in [0.15, 0.2) is 0 Å². The summed E-state index contributed by atoms with van der Waals surface area (Å²) >= 11 is 0. The van der Waals surface area contributed by atoms with Gasteiger partial charge in [-0.15, -0.1) is 0 Å². The van der Waals surface area contributed by atoms with Crippen LogP contribution in [0.4, 0.5) is 0 Å². The first-order valence-corrected chi connectivity index (χ1v) is 9.70. The first-order chi connectivity index (χ1) is 13.4. The first-order valence-electron chi connectivity index (χ1n) is 9.70. The molecule has 28 heavy (non-hydrogen) atoms. The van der Waals surface area contributed by atoms with E-state index >= 15 is 0 Å². The van der Waals surface area contributed by atoms with Crippen LogP contribution in [0.5, 0.6) is 0 Å². The summed E-state index contributed by atoms with van der Waals surface area (Å²) in [6, 6.07) is 4.29. The van der Waals surface area contributed by atoms with Gasteiger partial charge >= 0.3 is 0 Å². The van der Waals surface area contributed by atoms with Gasteiger partial charge in [-0.25, -0.2) is 0 Å². The SMILES string of the molecule is CCC1(CNCc2ccc3c(c2)C(=O)N(C2CCC(=O)NC2=O)C3=O)CNC1. The van der Waals surface area contributed by atoms with E-state index in [0.717, 1.165) is 36.5 Å². The molecular formula is C20H24N4O4. The fourth-order valence-corrected chi connectivity index (χ4v) is 4.08. The van der Waals surface area contributed by atoms with E-state index in [2.05, 4.69) is 22.9 Å². The number of carbonyl (C=O) groups excluding carboxylic acids is 4. The number of imide groups is 2. The van der Waals surface area contributed by atoms with Gasteiger partial charge in [-0.2, -0.15) is 0 Å². The van der Waals surface area contributed by atoms with Gasteiger partial charge in [0, 0.05) is 38.0 Å². The number of amides is 4. The molecule has 2 fully saturated rings. The van der Waals surface area contributed by atoms with Gasteiger partial charge in [-0.1, -0.05) is 13.0 Å². The van der Waals surface area contributed by atoms with Crippen molar-refractivity contribution in [3.8, 4) is 0 Å². The fraction of sp³-hybridized carbons (Fsp3) is 0.500. The molecule has 148 valence electrons. The number of hydrogen-bond donors (Lipinski definition) is 3. The molecule has 4 rings (SSSR count). The Labute approximate surface area is 163 Å². The van der Waals surface area contributed by atoms with Crippen LogP contribution in [-0.4, -0.2) is 54.2 Å². The summed E-state index contributed by atoms with van der Waals surface area (Å²) in [7, 11) is 0. The molecule has 8 heteroatoms. The lowest BCUT2D eigenvalue weighted by Gasteiger charge is -2.42. The zero-order valence-electron chi connectivity index (χ0n) is 15.8. The van der Waals surface area contributed by atoms with Gasteiger partial charge in [-0.3, -0.25) is 29.4 Å². The minimum atomic E-state index is -0.929. The topological polar surface area (TPSA) is 108 Å². The molecule has 0 saturated carbocycles. The highest BCUT2D eigenvalue weighted by molar-refractivity contribution is 6.23. The van der Waals surface area contributed by atoms with E-state index in [1.807, 2.05) is 6.07 Å². The van der Waals surface area contributed by atoms with Crippen molar-refractivity contribution in [2.24, 2.45) is 5.41 Å². The number of nitrogens with one attached hydrogen (secondary N) is 3. The molecule has 0 bridgehead atoms. The number of hydrogen-bond acceptors (Lipinski definition) is 6. The average Bonchev–Trinajstić information content (AvgIpc) is 2.88. The van der Waals surface area contributed by atoms with Crippen LogP contribution < -0.4 is 16.0 Å². The molecule has 1 aromatic carbocycles. The van der Waals surface area contributed by atoms with Crippen molar-refractivity contribution in [1.82, 2.24) is 20.9 Å². The van der Waals surface area contributed by atoms with E-state index in [9.17, 15) is 19.2 Å². The summed E-state index contributed by atoms with van der Waals surface area (Å²) in [6.07, 6.45) is 1.38. The van der Waals surface area contributed by atoms with Crippen molar-refractivity contribution >= 4 is 23.6 Å². The smallest absolute Gasteiger partial charge is 0.262 e. The monoisotopic (exact) mass is 384 g/mol. The molecular weight excluding hydrogens is 360 g/mol. The second-order valence-electron chi connectivity index (χ2n) is 7.89. The zero-order valence-corrected chi connectivity index (χ0v) is 15.8. The maximum absolute atomic E-state index is 12.8. The largest absolute Gasteiger partial charge is 0.315 e. The third-order valence-corrected chi connectivity index (χ3v) is 6.08. The van der Waals surface area contributed by atoms with Gasteiger partial charge in [-0.05, 0) is 30.5 Å². The van der Waals surface area contributed by atoms with E-state index in [1.165, 1.54) is 0 Å². The quantitative estimate of drug-likeness (QED) is 0.604. The van der Waals surface area contributed by atoms with E-state index in [-0.39, 0.29) is 18.7 Å². The minimum absolute atomic E-state index is 0.118. The van der Waals surface area contributed by atoms with Crippen LogP contribution in [0.2, 0.25) is 0 Å². The molecule has 8 nitrogen and oxygen atoms in total. The molecule has 0 spiro atoms. The molecule has 1 unspecified atom stereocenters. The summed E-state index contributed by atoms with van der Waals surface area (Å²) in [5.41, 5.74) is 1.85. The molecule has 3 heterocycles. The summed E-state index contributed by atoms with van der Waals surface area (Å²) in [4.78, 5) is 50.0. The standard InChI is InChI=1S/C20H24N4O4/c1-2-20(10-22-11-20)9-21-8-12-3-4-13-14(7-12)19(28)24(18(13)27)15-5-6-16(25)23-17(15)26/h3-4,7,15,21-22H,2,5-6,8-11H2,1H3,(H,23,25,26). The normalized spacial score (nSPS) is 23.5. The Bertz CT molecular complexity index is 856. The molecule has 0 radical (unpaired) electrons. The minimum Gasteiger partial charge on any atom is -0.315 e. The molecule has 3 aliphatic rings. The lowest BCUT2D eigenvalue weighted by atomic mass is 9.79. The number of fused-ring (bicyclic) bond motifs is 1. The van der Waals surface area contributed by atoms with Gasteiger partial charge < -0.3 is 10.6 Å². The first kappa shape index (κ1) is 18.8. The second kappa shape index (κ2) is 7.10. The van der Waals surface area contributed by atoms with Crippen LogP contribution in [0, 0.1) is 5.41 Å². The Hall–Kier alpha value is -2.58. The van der Waals surface area contributed by atoms with Crippen molar-refractivity contribution in [2.75, 3.05) is 19.6 Å². The van der Waals surface area contributed by atoms with Crippen LogP contribution in [0.15, 0.2) is 18.2 Å². The number of rotatable bonds is 6. The molecule has 3 aliphatic heterocycles. The molecule has 1 aromatic rings. The second-order valence-corrected chi connectivity index (χ2v) is 7.89. The summed E-state index contributed by atoms with van der Waals surface area (Å²) < 4.78 is 0. The van der Waals surface area contributed by atoms with E-state index in [1.54, 1.807) is 12.1 Å². The van der Waals surface area contributed by atoms with Crippen molar-refractivity contribution < 1.29 is 19.2 Å². The number of benzene rings is 1. The molecule has 0 aromatic heterocycles. The molecule has 4 amide bonds. The molecule has 3 N–H and O–H groups in total. The lowest BCUT2D eigenvalue weighted by Crippen LogP contribution is -2.57. The zero-order chi connectivity index (χ0) is 19.9. The van der Waals surface area contributed by atoms with Crippen molar-refractivity contribution in [2.45, 2.75) is 38.8 Å².